The quantitative estimate of drug-likeness (QED) is 0.758. The first-order valence-corrected chi connectivity index (χ1v) is 6.40. The van der Waals surface area contributed by atoms with Gasteiger partial charge in [0.1, 0.15) is 5.76 Å². The number of furan rings is 1. The lowest BCUT2D eigenvalue weighted by atomic mass is 10.0. The van der Waals surface area contributed by atoms with E-state index in [9.17, 15) is 4.79 Å². The maximum absolute atomic E-state index is 11.4. The van der Waals surface area contributed by atoms with E-state index < -0.39 is 0 Å². The molecule has 0 bridgehead atoms. The highest BCUT2D eigenvalue weighted by atomic mass is 16.5. The normalized spacial score (nSPS) is 16.0. The van der Waals surface area contributed by atoms with Gasteiger partial charge in [0, 0.05) is 18.5 Å². The summed E-state index contributed by atoms with van der Waals surface area (Å²) in [6.07, 6.45) is 3.57. The fourth-order valence-electron chi connectivity index (χ4n) is 1.88. The van der Waals surface area contributed by atoms with Crippen LogP contribution in [0.25, 0.3) is 0 Å². The highest BCUT2D eigenvalue weighted by Crippen LogP contribution is 2.09. The van der Waals surface area contributed by atoms with Crippen molar-refractivity contribution in [2.45, 2.75) is 45.7 Å². The molecule has 0 aliphatic carbocycles. The van der Waals surface area contributed by atoms with Crippen LogP contribution in [0.4, 0.5) is 0 Å². The monoisotopic (exact) mass is 253 g/mol. The molecule has 0 amide bonds. The van der Waals surface area contributed by atoms with E-state index in [1.165, 1.54) is 7.11 Å². The number of carbonyl (C=O) groups excluding carboxylic acids is 1. The minimum absolute atomic E-state index is 0.101. The molecule has 1 rings (SSSR count). The van der Waals surface area contributed by atoms with Crippen LogP contribution in [-0.2, 0) is 16.0 Å². The van der Waals surface area contributed by atoms with E-state index in [0.717, 1.165) is 18.6 Å². The van der Waals surface area contributed by atoms with Gasteiger partial charge in [0.2, 0.25) is 0 Å². The van der Waals surface area contributed by atoms with E-state index in [4.69, 9.17) is 9.15 Å². The fourth-order valence-corrected chi connectivity index (χ4v) is 1.88. The van der Waals surface area contributed by atoms with Gasteiger partial charge in [-0.2, -0.15) is 0 Å². The number of rotatable bonds is 7. The lowest BCUT2D eigenvalue weighted by molar-refractivity contribution is -0.145. The van der Waals surface area contributed by atoms with Gasteiger partial charge in [-0.15, -0.1) is 0 Å². The molecule has 0 fully saturated rings. The van der Waals surface area contributed by atoms with Crippen molar-refractivity contribution >= 4 is 5.97 Å². The largest absolute Gasteiger partial charge is 0.469 e. The topological polar surface area (TPSA) is 51.5 Å². The lowest BCUT2D eigenvalue weighted by Gasteiger charge is -2.23. The molecule has 1 aromatic rings. The van der Waals surface area contributed by atoms with E-state index in [-0.39, 0.29) is 17.9 Å². The van der Waals surface area contributed by atoms with Gasteiger partial charge < -0.3 is 14.5 Å². The number of ether oxygens (including phenoxy) is 1. The number of nitrogens with one attached hydrogen (secondary N) is 1. The van der Waals surface area contributed by atoms with Gasteiger partial charge in [0.25, 0.3) is 0 Å². The Morgan fingerprint density at radius 2 is 2.17 bits per heavy atom. The molecule has 4 nitrogen and oxygen atoms in total. The summed E-state index contributed by atoms with van der Waals surface area (Å²) in [5.41, 5.74) is 0. The van der Waals surface area contributed by atoms with Crippen LogP contribution in [0.5, 0.6) is 0 Å². The molecule has 0 saturated carbocycles. The summed E-state index contributed by atoms with van der Waals surface area (Å²) in [6, 6.07) is 4.31. The van der Waals surface area contributed by atoms with Gasteiger partial charge in [-0.25, -0.2) is 0 Å². The number of aryl methyl sites for hydroxylation is 1. The molecular formula is C14H23NO3. The van der Waals surface area contributed by atoms with E-state index in [1.807, 2.05) is 26.0 Å². The Balaban J connectivity index is 2.30. The first kappa shape index (κ1) is 14.8. The maximum Gasteiger partial charge on any atom is 0.309 e. The first-order chi connectivity index (χ1) is 8.54. The van der Waals surface area contributed by atoms with Gasteiger partial charge in [-0.3, -0.25) is 4.79 Å². The van der Waals surface area contributed by atoms with Gasteiger partial charge in [0.15, 0.2) is 0 Å². The molecule has 1 aromatic heterocycles. The zero-order valence-corrected chi connectivity index (χ0v) is 11.6. The van der Waals surface area contributed by atoms with Gasteiger partial charge in [-0.05, 0) is 32.4 Å². The van der Waals surface area contributed by atoms with Crippen LogP contribution < -0.4 is 5.32 Å². The van der Waals surface area contributed by atoms with Crippen LogP contribution in [0.3, 0.4) is 0 Å². The van der Waals surface area contributed by atoms with Crippen molar-refractivity contribution in [3.05, 3.63) is 24.2 Å². The van der Waals surface area contributed by atoms with Crippen LogP contribution >= 0.6 is 0 Å². The summed E-state index contributed by atoms with van der Waals surface area (Å²) < 4.78 is 10.0. The minimum Gasteiger partial charge on any atom is -0.469 e. The Hall–Kier alpha value is -1.29. The molecular weight excluding hydrogens is 230 g/mol. The predicted molar refractivity (Wildman–Crippen MR) is 70.3 cm³/mol. The molecule has 1 N–H and O–H groups in total. The van der Waals surface area contributed by atoms with Crippen molar-refractivity contribution in [1.82, 2.24) is 5.32 Å². The molecule has 4 heteroatoms. The van der Waals surface area contributed by atoms with Crippen LogP contribution in [-0.4, -0.2) is 25.2 Å². The summed E-state index contributed by atoms with van der Waals surface area (Å²) in [4.78, 5) is 11.4. The SMILES string of the molecule is COC(=O)C(C)C(C)NC(C)CCc1ccco1. The number of hydrogen-bond acceptors (Lipinski definition) is 4. The van der Waals surface area contributed by atoms with Crippen molar-refractivity contribution < 1.29 is 13.9 Å². The third-order valence-electron chi connectivity index (χ3n) is 3.27. The molecule has 102 valence electrons. The van der Waals surface area contributed by atoms with Crippen molar-refractivity contribution in [2.24, 2.45) is 5.92 Å². The van der Waals surface area contributed by atoms with Crippen molar-refractivity contribution in [2.75, 3.05) is 7.11 Å². The Bertz CT molecular complexity index is 348. The van der Waals surface area contributed by atoms with E-state index in [2.05, 4.69) is 12.2 Å². The Labute approximate surface area is 109 Å². The summed E-state index contributed by atoms with van der Waals surface area (Å²) in [5, 5.41) is 3.41. The third-order valence-corrected chi connectivity index (χ3v) is 3.27. The molecule has 18 heavy (non-hydrogen) atoms. The van der Waals surface area contributed by atoms with Crippen molar-refractivity contribution in [3.63, 3.8) is 0 Å². The molecule has 1 heterocycles. The number of esters is 1. The Morgan fingerprint density at radius 3 is 2.72 bits per heavy atom. The zero-order valence-electron chi connectivity index (χ0n) is 11.6. The predicted octanol–water partition coefficient (Wildman–Crippen LogP) is 2.39. The average Bonchev–Trinajstić information content (AvgIpc) is 2.87. The van der Waals surface area contributed by atoms with Crippen LogP contribution in [0.15, 0.2) is 22.8 Å². The second kappa shape index (κ2) is 7.21. The van der Waals surface area contributed by atoms with Crippen molar-refractivity contribution in [1.29, 1.82) is 0 Å². The summed E-state index contributed by atoms with van der Waals surface area (Å²) in [7, 11) is 1.42. The van der Waals surface area contributed by atoms with Gasteiger partial charge in [0.05, 0.1) is 19.3 Å². The summed E-state index contributed by atoms with van der Waals surface area (Å²) in [6.45, 7) is 6.00. The van der Waals surface area contributed by atoms with E-state index >= 15 is 0 Å². The highest BCUT2D eigenvalue weighted by molar-refractivity contribution is 5.72. The fraction of sp³-hybridized carbons (Fsp3) is 0.643. The zero-order chi connectivity index (χ0) is 13.5. The summed E-state index contributed by atoms with van der Waals surface area (Å²) >= 11 is 0. The molecule has 0 spiro atoms. The van der Waals surface area contributed by atoms with Gasteiger partial charge >= 0.3 is 5.97 Å². The van der Waals surface area contributed by atoms with E-state index in [0.29, 0.717) is 6.04 Å². The Kier molecular flexibility index (Phi) is 5.92. The van der Waals surface area contributed by atoms with E-state index in [1.54, 1.807) is 6.26 Å². The average molecular weight is 253 g/mol. The van der Waals surface area contributed by atoms with Crippen molar-refractivity contribution in [3.8, 4) is 0 Å². The molecule has 3 unspecified atom stereocenters. The smallest absolute Gasteiger partial charge is 0.309 e. The molecule has 0 saturated heterocycles. The molecule has 0 aliphatic rings. The lowest BCUT2D eigenvalue weighted by Crippen LogP contribution is -2.41. The van der Waals surface area contributed by atoms with Crippen LogP contribution in [0.2, 0.25) is 0 Å². The molecule has 0 radical (unpaired) electrons. The van der Waals surface area contributed by atoms with Gasteiger partial charge in [-0.1, -0.05) is 6.92 Å². The first-order valence-electron chi connectivity index (χ1n) is 6.40. The minimum atomic E-state index is -0.173. The maximum atomic E-state index is 11.4. The summed E-state index contributed by atoms with van der Waals surface area (Å²) in [5.74, 6) is 0.687. The number of methoxy groups -OCH3 is 1. The second-order valence-corrected chi connectivity index (χ2v) is 4.79. The standard InChI is InChI=1S/C14H23NO3/c1-10(7-8-13-6-5-9-18-13)15-12(3)11(2)14(16)17-4/h5-6,9-12,15H,7-8H2,1-4H3. The second-order valence-electron chi connectivity index (χ2n) is 4.79. The third kappa shape index (κ3) is 4.53. The Morgan fingerprint density at radius 1 is 1.44 bits per heavy atom. The van der Waals surface area contributed by atoms with Crippen LogP contribution in [0, 0.1) is 5.92 Å². The highest BCUT2D eigenvalue weighted by Gasteiger charge is 2.21. The molecule has 3 atom stereocenters. The van der Waals surface area contributed by atoms with Crippen LogP contribution in [0.1, 0.15) is 33.0 Å². The number of hydrogen-bond donors (Lipinski definition) is 1. The molecule has 0 aliphatic heterocycles. The number of carbonyl (C=O) groups is 1. The molecule has 0 aromatic carbocycles.